The number of carbonyl (C=O) groups is 1. The SMILES string of the molecule is CCc1ccc2oc(Cc3ccc(NC(=O)c4ccc(OC)c(Cl)c4)cc3)nc2c1. The molecule has 1 amide bonds. The van der Waals surface area contributed by atoms with E-state index in [0.29, 0.717) is 34.3 Å². The summed E-state index contributed by atoms with van der Waals surface area (Å²) in [6.45, 7) is 2.12. The molecule has 0 aliphatic carbocycles. The Morgan fingerprint density at radius 3 is 2.53 bits per heavy atom. The second-order valence-electron chi connectivity index (χ2n) is 6.94. The molecule has 0 saturated carbocycles. The third-order valence-corrected chi connectivity index (χ3v) is 5.18. The summed E-state index contributed by atoms with van der Waals surface area (Å²) >= 11 is 6.10. The third kappa shape index (κ3) is 4.31. The molecule has 0 bridgehead atoms. The van der Waals surface area contributed by atoms with Crippen LogP contribution >= 0.6 is 11.6 Å². The van der Waals surface area contributed by atoms with E-state index in [-0.39, 0.29) is 5.91 Å². The number of hydrogen-bond donors (Lipinski definition) is 1. The smallest absolute Gasteiger partial charge is 0.255 e. The van der Waals surface area contributed by atoms with Crippen LogP contribution in [0, 0.1) is 0 Å². The number of aryl methyl sites for hydroxylation is 1. The van der Waals surface area contributed by atoms with E-state index < -0.39 is 0 Å². The van der Waals surface area contributed by atoms with Gasteiger partial charge in [-0.05, 0) is 60.0 Å². The quantitative estimate of drug-likeness (QED) is 0.422. The molecule has 0 unspecified atom stereocenters. The fraction of sp³-hybridized carbons (Fsp3) is 0.167. The lowest BCUT2D eigenvalue weighted by atomic mass is 10.1. The number of benzene rings is 3. The lowest BCUT2D eigenvalue weighted by Crippen LogP contribution is -2.11. The van der Waals surface area contributed by atoms with E-state index in [1.54, 1.807) is 18.2 Å². The van der Waals surface area contributed by atoms with Crippen LogP contribution in [-0.2, 0) is 12.8 Å². The van der Waals surface area contributed by atoms with Crippen molar-refractivity contribution in [3.05, 3.63) is 88.3 Å². The maximum absolute atomic E-state index is 12.5. The van der Waals surface area contributed by atoms with Crippen LogP contribution in [0.5, 0.6) is 5.75 Å². The van der Waals surface area contributed by atoms with Crippen LogP contribution in [0.25, 0.3) is 11.1 Å². The number of anilines is 1. The molecule has 1 heterocycles. The van der Waals surface area contributed by atoms with Crippen molar-refractivity contribution in [1.82, 2.24) is 4.98 Å². The number of methoxy groups -OCH3 is 1. The number of nitrogens with zero attached hydrogens (tertiary/aromatic N) is 1. The molecule has 6 heteroatoms. The lowest BCUT2D eigenvalue weighted by molar-refractivity contribution is 0.102. The van der Waals surface area contributed by atoms with Gasteiger partial charge in [-0.2, -0.15) is 0 Å². The van der Waals surface area contributed by atoms with E-state index in [2.05, 4.69) is 29.4 Å². The van der Waals surface area contributed by atoms with Crippen molar-refractivity contribution >= 4 is 34.3 Å². The van der Waals surface area contributed by atoms with Gasteiger partial charge >= 0.3 is 0 Å². The molecule has 1 N–H and O–H groups in total. The minimum atomic E-state index is -0.238. The summed E-state index contributed by atoms with van der Waals surface area (Å²) in [7, 11) is 1.53. The fourth-order valence-electron chi connectivity index (χ4n) is 3.21. The topological polar surface area (TPSA) is 64.4 Å². The average Bonchev–Trinajstić information content (AvgIpc) is 3.16. The molecule has 0 aliphatic heterocycles. The summed E-state index contributed by atoms with van der Waals surface area (Å²) < 4.78 is 11.0. The van der Waals surface area contributed by atoms with Gasteiger partial charge < -0.3 is 14.5 Å². The van der Waals surface area contributed by atoms with Gasteiger partial charge in [0.25, 0.3) is 5.91 Å². The minimum absolute atomic E-state index is 0.238. The van der Waals surface area contributed by atoms with E-state index in [4.69, 9.17) is 20.8 Å². The van der Waals surface area contributed by atoms with Crippen molar-refractivity contribution in [3.63, 3.8) is 0 Å². The molecule has 0 spiro atoms. The summed E-state index contributed by atoms with van der Waals surface area (Å²) in [6.07, 6.45) is 1.55. The Labute approximate surface area is 179 Å². The highest BCUT2D eigenvalue weighted by atomic mass is 35.5. The second kappa shape index (κ2) is 8.59. The predicted octanol–water partition coefficient (Wildman–Crippen LogP) is 5.90. The normalized spacial score (nSPS) is 10.9. The summed E-state index contributed by atoms with van der Waals surface area (Å²) in [4.78, 5) is 17.0. The summed E-state index contributed by atoms with van der Waals surface area (Å²) in [5, 5.41) is 3.26. The van der Waals surface area contributed by atoms with Gasteiger partial charge in [0, 0.05) is 17.7 Å². The highest BCUT2D eigenvalue weighted by molar-refractivity contribution is 6.32. The molecule has 30 heavy (non-hydrogen) atoms. The standard InChI is InChI=1S/C24H21ClN2O3/c1-3-15-6-10-22-20(12-15)27-23(30-22)13-16-4-8-18(9-5-16)26-24(28)17-7-11-21(29-2)19(25)14-17/h4-12,14H,3,13H2,1-2H3,(H,26,28). The number of nitrogens with one attached hydrogen (secondary N) is 1. The molecule has 3 aromatic carbocycles. The summed E-state index contributed by atoms with van der Waals surface area (Å²) in [5.41, 5.74) is 5.11. The number of oxazole rings is 1. The Hall–Kier alpha value is -3.31. The third-order valence-electron chi connectivity index (χ3n) is 4.89. The zero-order valence-electron chi connectivity index (χ0n) is 16.7. The summed E-state index contributed by atoms with van der Waals surface area (Å²) in [6, 6.07) is 18.6. The van der Waals surface area contributed by atoms with Crippen LogP contribution in [0.15, 0.2) is 65.1 Å². The van der Waals surface area contributed by atoms with Crippen molar-refractivity contribution in [1.29, 1.82) is 0 Å². The lowest BCUT2D eigenvalue weighted by Gasteiger charge is -2.08. The van der Waals surface area contributed by atoms with Crippen LogP contribution in [0.3, 0.4) is 0 Å². The van der Waals surface area contributed by atoms with Gasteiger partial charge in [-0.3, -0.25) is 4.79 Å². The first-order valence-corrected chi connectivity index (χ1v) is 10.1. The Kier molecular flexibility index (Phi) is 5.72. The number of fused-ring (bicyclic) bond motifs is 1. The zero-order chi connectivity index (χ0) is 21.1. The fourth-order valence-corrected chi connectivity index (χ4v) is 3.47. The molecule has 4 rings (SSSR count). The van der Waals surface area contributed by atoms with Gasteiger partial charge in [0.15, 0.2) is 11.5 Å². The molecule has 0 saturated heterocycles. The van der Waals surface area contributed by atoms with E-state index in [1.807, 2.05) is 30.3 Å². The zero-order valence-corrected chi connectivity index (χ0v) is 17.5. The number of amides is 1. The molecule has 0 atom stereocenters. The van der Waals surface area contributed by atoms with Crippen LogP contribution in [0.4, 0.5) is 5.69 Å². The Morgan fingerprint density at radius 2 is 1.83 bits per heavy atom. The largest absolute Gasteiger partial charge is 0.495 e. The van der Waals surface area contributed by atoms with E-state index in [1.165, 1.54) is 12.7 Å². The number of ether oxygens (including phenoxy) is 1. The summed E-state index contributed by atoms with van der Waals surface area (Å²) in [5.74, 6) is 0.962. The Bertz CT molecular complexity index is 1200. The maximum Gasteiger partial charge on any atom is 0.255 e. The van der Waals surface area contributed by atoms with Gasteiger partial charge in [-0.15, -0.1) is 0 Å². The molecular weight excluding hydrogens is 400 g/mol. The van der Waals surface area contributed by atoms with Crippen molar-refractivity contribution in [2.24, 2.45) is 0 Å². The molecule has 0 fully saturated rings. The van der Waals surface area contributed by atoms with E-state index in [9.17, 15) is 4.79 Å². The van der Waals surface area contributed by atoms with Crippen LogP contribution in [-0.4, -0.2) is 18.0 Å². The van der Waals surface area contributed by atoms with Crippen molar-refractivity contribution in [2.45, 2.75) is 19.8 Å². The highest BCUT2D eigenvalue weighted by Crippen LogP contribution is 2.25. The molecule has 1 aromatic heterocycles. The first-order chi connectivity index (χ1) is 14.6. The van der Waals surface area contributed by atoms with Gasteiger partial charge in [0.1, 0.15) is 11.3 Å². The highest BCUT2D eigenvalue weighted by Gasteiger charge is 2.11. The van der Waals surface area contributed by atoms with Crippen molar-refractivity contribution in [3.8, 4) is 5.75 Å². The number of halogens is 1. The van der Waals surface area contributed by atoms with Crippen LogP contribution in [0.2, 0.25) is 5.02 Å². The number of carbonyl (C=O) groups excluding carboxylic acids is 1. The maximum atomic E-state index is 12.5. The number of rotatable bonds is 6. The molecule has 0 radical (unpaired) electrons. The van der Waals surface area contributed by atoms with Gasteiger partial charge in [0.2, 0.25) is 0 Å². The average molecular weight is 421 g/mol. The molecular formula is C24H21ClN2O3. The van der Waals surface area contributed by atoms with Crippen molar-refractivity contribution in [2.75, 3.05) is 12.4 Å². The molecule has 152 valence electrons. The molecule has 0 aliphatic rings. The van der Waals surface area contributed by atoms with E-state index in [0.717, 1.165) is 23.1 Å². The first kappa shape index (κ1) is 20.0. The van der Waals surface area contributed by atoms with Crippen molar-refractivity contribution < 1.29 is 13.9 Å². The predicted molar refractivity (Wildman–Crippen MR) is 119 cm³/mol. The van der Waals surface area contributed by atoms with Gasteiger partial charge in [-0.25, -0.2) is 4.98 Å². The Balaban J connectivity index is 1.44. The van der Waals surface area contributed by atoms with Crippen LogP contribution in [0.1, 0.15) is 34.3 Å². The minimum Gasteiger partial charge on any atom is -0.495 e. The second-order valence-corrected chi connectivity index (χ2v) is 7.35. The first-order valence-electron chi connectivity index (χ1n) is 9.68. The van der Waals surface area contributed by atoms with Gasteiger partial charge in [0.05, 0.1) is 12.1 Å². The number of aromatic nitrogens is 1. The van der Waals surface area contributed by atoms with E-state index >= 15 is 0 Å². The number of hydrogen-bond acceptors (Lipinski definition) is 4. The monoisotopic (exact) mass is 420 g/mol. The van der Waals surface area contributed by atoms with Crippen LogP contribution < -0.4 is 10.1 Å². The molecule has 4 aromatic rings. The van der Waals surface area contributed by atoms with Gasteiger partial charge in [-0.1, -0.05) is 36.7 Å². The molecule has 5 nitrogen and oxygen atoms in total. The Morgan fingerprint density at radius 1 is 1.07 bits per heavy atom.